The van der Waals surface area contributed by atoms with E-state index in [-0.39, 0.29) is 12.2 Å². The summed E-state index contributed by atoms with van der Waals surface area (Å²) in [4.78, 5) is 29.3. The molecule has 3 aromatic rings. The molecule has 1 aromatic heterocycles. The molecular weight excluding hydrogens is 388 g/mol. The average Bonchev–Trinajstić information content (AvgIpc) is 3.11. The number of carbonyl (C=O) groups is 2. The van der Waals surface area contributed by atoms with Gasteiger partial charge in [-0.05, 0) is 50.6 Å². The van der Waals surface area contributed by atoms with E-state index in [1.807, 2.05) is 37.4 Å². The lowest BCUT2D eigenvalue weighted by Gasteiger charge is -2.15. The van der Waals surface area contributed by atoms with Gasteiger partial charge in [0.2, 0.25) is 0 Å². The van der Waals surface area contributed by atoms with Crippen LogP contribution < -0.4 is 10.1 Å². The van der Waals surface area contributed by atoms with E-state index in [4.69, 9.17) is 9.47 Å². The molecule has 1 heterocycles. The summed E-state index contributed by atoms with van der Waals surface area (Å²) < 4.78 is 11.1. The lowest BCUT2D eigenvalue weighted by molar-refractivity contribution is -0.123. The van der Waals surface area contributed by atoms with Gasteiger partial charge in [-0.25, -0.2) is 9.78 Å². The van der Waals surface area contributed by atoms with Crippen LogP contribution in [-0.2, 0) is 16.1 Å². The zero-order chi connectivity index (χ0) is 20.8. The average molecular weight is 410 g/mol. The molecule has 1 amide bonds. The first-order chi connectivity index (χ1) is 13.9. The molecule has 0 unspecified atom stereocenters. The number of nitrogens with one attached hydrogen (secondary N) is 1. The lowest BCUT2D eigenvalue weighted by Crippen LogP contribution is -2.30. The van der Waals surface area contributed by atoms with Gasteiger partial charge in [-0.2, -0.15) is 0 Å². The summed E-state index contributed by atoms with van der Waals surface area (Å²) in [6, 6.07) is 14.2. The monoisotopic (exact) mass is 410 g/mol. The number of ether oxygens (including phenoxy) is 2. The number of thiazole rings is 1. The van der Waals surface area contributed by atoms with Crippen LogP contribution in [0.5, 0.6) is 5.75 Å². The Kier molecular flexibility index (Phi) is 6.61. The van der Waals surface area contributed by atoms with Crippen molar-refractivity contribution in [1.82, 2.24) is 4.98 Å². The molecule has 150 valence electrons. The topological polar surface area (TPSA) is 77.5 Å². The molecule has 0 radical (unpaired) electrons. The van der Waals surface area contributed by atoms with Gasteiger partial charge in [-0.1, -0.05) is 24.3 Å². The number of hydrogen-bond acceptors (Lipinski definition) is 6. The van der Waals surface area contributed by atoms with E-state index in [9.17, 15) is 9.59 Å². The van der Waals surface area contributed by atoms with E-state index in [1.54, 1.807) is 30.3 Å². The van der Waals surface area contributed by atoms with E-state index in [0.717, 1.165) is 16.3 Å². The zero-order valence-corrected chi connectivity index (χ0v) is 17.3. The number of hydrogen-bond donors (Lipinski definition) is 1. The maximum atomic E-state index is 12.6. The molecule has 0 spiro atoms. The van der Waals surface area contributed by atoms with Gasteiger partial charge in [-0.3, -0.25) is 4.79 Å². The van der Waals surface area contributed by atoms with E-state index >= 15 is 0 Å². The molecule has 0 saturated heterocycles. The normalized spacial score (nSPS) is 11.6. The van der Waals surface area contributed by atoms with Crippen molar-refractivity contribution < 1.29 is 19.1 Å². The molecule has 0 bridgehead atoms. The quantitative estimate of drug-likeness (QED) is 0.580. The highest BCUT2D eigenvalue weighted by molar-refractivity contribution is 7.09. The minimum Gasteiger partial charge on any atom is -0.486 e. The van der Waals surface area contributed by atoms with Crippen molar-refractivity contribution in [2.24, 2.45) is 0 Å². The number of benzene rings is 2. The summed E-state index contributed by atoms with van der Waals surface area (Å²) in [5, 5.41) is 5.61. The number of nitrogens with zero attached hydrogens (tertiary/aromatic N) is 1. The van der Waals surface area contributed by atoms with Gasteiger partial charge in [-0.15, -0.1) is 11.3 Å². The van der Waals surface area contributed by atoms with Crippen molar-refractivity contribution in [2.75, 3.05) is 5.32 Å². The van der Waals surface area contributed by atoms with Crippen molar-refractivity contribution in [2.45, 2.75) is 33.5 Å². The number of para-hydroxylation sites is 1. The third-order valence-corrected chi connectivity index (χ3v) is 4.91. The number of aromatic nitrogens is 1. The molecule has 1 N–H and O–H groups in total. The third-order valence-electron chi connectivity index (χ3n) is 4.09. The standard InChI is InChI=1S/C22H22N2O4S/c1-14-7-6-8-17(11-14)24-21(25)15(2)28-22(26)19-9-4-5-10-20(19)27-12-18-13-29-16(3)23-18/h4-11,13,15H,12H2,1-3H3,(H,24,25)/t15-/m0/s1. The fourth-order valence-corrected chi connectivity index (χ4v) is 3.23. The number of esters is 1. The Balaban J connectivity index is 1.63. The van der Waals surface area contributed by atoms with Crippen LogP contribution in [0.3, 0.4) is 0 Å². The van der Waals surface area contributed by atoms with Crippen LogP contribution >= 0.6 is 11.3 Å². The van der Waals surface area contributed by atoms with E-state index in [0.29, 0.717) is 11.4 Å². The van der Waals surface area contributed by atoms with Gasteiger partial charge in [0, 0.05) is 11.1 Å². The Morgan fingerprint density at radius 1 is 1.14 bits per heavy atom. The summed E-state index contributed by atoms with van der Waals surface area (Å²) in [5.74, 6) is -0.642. The third kappa shape index (κ3) is 5.65. The summed E-state index contributed by atoms with van der Waals surface area (Å²) >= 11 is 1.54. The van der Waals surface area contributed by atoms with E-state index < -0.39 is 18.0 Å². The Labute approximate surface area is 173 Å². The molecule has 6 nitrogen and oxygen atoms in total. The zero-order valence-electron chi connectivity index (χ0n) is 16.5. The summed E-state index contributed by atoms with van der Waals surface area (Å²) in [5.41, 5.74) is 2.73. The molecule has 0 saturated carbocycles. The van der Waals surface area contributed by atoms with Crippen LogP contribution in [0.1, 0.15) is 33.5 Å². The predicted octanol–water partition coefficient (Wildman–Crippen LogP) is 4.52. The largest absolute Gasteiger partial charge is 0.486 e. The van der Waals surface area contributed by atoms with Crippen LogP contribution in [-0.4, -0.2) is 23.0 Å². The Morgan fingerprint density at radius 2 is 1.93 bits per heavy atom. The Morgan fingerprint density at radius 3 is 2.66 bits per heavy atom. The maximum absolute atomic E-state index is 12.6. The highest BCUT2D eigenvalue weighted by Crippen LogP contribution is 2.21. The molecule has 7 heteroatoms. The van der Waals surface area contributed by atoms with Gasteiger partial charge in [0.05, 0.1) is 10.7 Å². The maximum Gasteiger partial charge on any atom is 0.342 e. The number of anilines is 1. The molecule has 2 aromatic carbocycles. The van der Waals surface area contributed by atoms with Gasteiger partial charge >= 0.3 is 5.97 Å². The second-order valence-corrected chi connectivity index (χ2v) is 7.61. The SMILES string of the molecule is Cc1cccc(NC(=O)[C@H](C)OC(=O)c2ccccc2OCc2csc(C)n2)c1. The van der Waals surface area contributed by atoms with E-state index in [2.05, 4.69) is 10.3 Å². The molecular formula is C22H22N2O4S. The molecule has 1 atom stereocenters. The number of aryl methyl sites for hydroxylation is 2. The minimum absolute atomic E-state index is 0.248. The number of rotatable bonds is 7. The van der Waals surface area contributed by atoms with E-state index in [1.165, 1.54) is 18.3 Å². The van der Waals surface area contributed by atoms with Crippen molar-refractivity contribution >= 4 is 28.9 Å². The molecule has 29 heavy (non-hydrogen) atoms. The first-order valence-corrected chi connectivity index (χ1v) is 10.0. The van der Waals surface area contributed by atoms with Crippen molar-refractivity contribution in [3.05, 3.63) is 75.7 Å². The smallest absolute Gasteiger partial charge is 0.342 e. The second kappa shape index (κ2) is 9.34. The Bertz CT molecular complexity index is 1020. The number of amides is 1. The highest BCUT2D eigenvalue weighted by atomic mass is 32.1. The fourth-order valence-electron chi connectivity index (χ4n) is 2.63. The van der Waals surface area contributed by atoms with Crippen molar-refractivity contribution in [3.8, 4) is 5.75 Å². The van der Waals surface area contributed by atoms with Crippen molar-refractivity contribution in [3.63, 3.8) is 0 Å². The van der Waals surface area contributed by atoms with Gasteiger partial charge in [0.15, 0.2) is 6.10 Å². The lowest BCUT2D eigenvalue weighted by atomic mass is 10.2. The minimum atomic E-state index is -0.961. The van der Waals surface area contributed by atoms with Crippen LogP contribution in [0.25, 0.3) is 0 Å². The predicted molar refractivity (Wildman–Crippen MR) is 112 cm³/mol. The van der Waals surface area contributed by atoms with Gasteiger partial charge in [0.1, 0.15) is 17.9 Å². The molecule has 0 aliphatic rings. The summed E-state index contributed by atoms with van der Waals surface area (Å²) in [6.45, 7) is 5.63. The van der Waals surface area contributed by atoms with Gasteiger partial charge < -0.3 is 14.8 Å². The Hall–Kier alpha value is -3.19. The van der Waals surface area contributed by atoms with Gasteiger partial charge in [0.25, 0.3) is 5.91 Å². The molecule has 3 rings (SSSR count). The number of carbonyl (C=O) groups excluding carboxylic acids is 2. The first-order valence-electron chi connectivity index (χ1n) is 9.13. The van der Waals surface area contributed by atoms with Crippen LogP contribution in [0, 0.1) is 13.8 Å². The fraction of sp³-hybridized carbons (Fsp3) is 0.227. The van der Waals surface area contributed by atoms with Crippen LogP contribution in [0.4, 0.5) is 5.69 Å². The van der Waals surface area contributed by atoms with Crippen LogP contribution in [0.15, 0.2) is 53.9 Å². The first kappa shape index (κ1) is 20.5. The van der Waals surface area contributed by atoms with Crippen LogP contribution in [0.2, 0.25) is 0 Å². The summed E-state index contributed by atoms with van der Waals surface area (Å²) in [6.07, 6.45) is -0.961. The molecule has 0 aliphatic carbocycles. The second-order valence-electron chi connectivity index (χ2n) is 6.55. The highest BCUT2D eigenvalue weighted by Gasteiger charge is 2.21. The molecule has 0 aliphatic heterocycles. The summed E-state index contributed by atoms with van der Waals surface area (Å²) in [7, 11) is 0. The van der Waals surface area contributed by atoms with Crippen molar-refractivity contribution in [1.29, 1.82) is 0 Å². The molecule has 0 fully saturated rings.